The van der Waals surface area contributed by atoms with E-state index in [1.807, 2.05) is 24.3 Å². The van der Waals surface area contributed by atoms with Crippen LogP contribution >= 0.6 is 23.4 Å². The van der Waals surface area contributed by atoms with Gasteiger partial charge in [-0.2, -0.15) is 0 Å². The van der Waals surface area contributed by atoms with Crippen LogP contribution in [0.4, 0.5) is 5.69 Å². The first-order chi connectivity index (χ1) is 9.22. The zero-order valence-corrected chi connectivity index (χ0v) is 12.0. The normalized spacial score (nSPS) is 17.3. The quantitative estimate of drug-likeness (QED) is 0.649. The van der Waals surface area contributed by atoms with Gasteiger partial charge in [-0.15, -0.1) is 11.6 Å². The van der Waals surface area contributed by atoms with Gasteiger partial charge >= 0.3 is 0 Å². The van der Waals surface area contributed by atoms with E-state index >= 15 is 0 Å². The Hall–Kier alpha value is -1.07. The van der Waals surface area contributed by atoms with Gasteiger partial charge in [-0.3, -0.25) is 4.79 Å². The monoisotopic (exact) mass is 299 g/mol. The summed E-state index contributed by atoms with van der Waals surface area (Å²) in [5, 5.41) is 2.67. The second-order valence-electron chi connectivity index (χ2n) is 4.30. The number of hydrogen-bond donors (Lipinski definition) is 1. The topological polar surface area (TPSA) is 49.2 Å². The van der Waals surface area contributed by atoms with Crippen molar-refractivity contribution in [3.05, 3.63) is 29.2 Å². The number of benzene rings is 1. The SMILES string of the molecule is O=C(CCCCl)NCCC1Sc2ccccc2[N+]1=O. The molecule has 2 rings (SSSR count). The van der Waals surface area contributed by atoms with E-state index < -0.39 is 0 Å². The average Bonchev–Trinajstić information content (AvgIpc) is 2.74. The van der Waals surface area contributed by atoms with Gasteiger partial charge in [0.1, 0.15) is 0 Å². The van der Waals surface area contributed by atoms with E-state index in [0.29, 0.717) is 31.7 Å². The number of amides is 1. The van der Waals surface area contributed by atoms with Crippen molar-refractivity contribution in [2.75, 3.05) is 12.4 Å². The standard InChI is InChI=1S/C13H15ClN2O2S/c14-8-3-6-12(17)15-9-7-13-16(18)10-4-1-2-5-11(10)19-13/h1-2,4-5,13H,3,6-9H2/p+1. The number of hydrogen-bond acceptors (Lipinski definition) is 3. The Morgan fingerprint density at radius 1 is 1.42 bits per heavy atom. The molecule has 0 spiro atoms. The third-order valence-corrected chi connectivity index (χ3v) is 4.44. The number of alkyl halides is 1. The van der Waals surface area contributed by atoms with Gasteiger partial charge in [0.25, 0.3) is 11.1 Å². The summed E-state index contributed by atoms with van der Waals surface area (Å²) >= 11 is 7.08. The molecule has 0 bridgehead atoms. The van der Waals surface area contributed by atoms with Crippen molar-refractivity contribution in [1.29, 1.82) is 0 Å². The fourth-order valence-corrected chi connectivity index (χ4v) is 3.22. The Balaban J connectivity index is 1.77. The minimum atomic E-state index is -0.147. The minimum absolute atomic E-state index is 0.00129. The molecule has 1 aliphatic heterocycles. The molecule has 4 nitrogen and oxygen atoms in total. The first-order valence-electron chi connectivity index (χ1n) is 6.27. The summed E-state index contributed by atoms with van der Waals surface area (Å²) in [5.41, 5.74) is 0.728. The molecule has 0 saturated carbocycles. The lowest BCUT2D eigenvalue weighted by Crippen LogP contribution is -2.27. The Morgan fingerprint density at radius 3 is 2.95 bits per heavy atom. The zero-order chi connectivity index (χ0) is 13.7. The zero-order valence-electron chi connectivity index (χ0n) is 10.5. The van der Waals surface area contributed by atoms with Crippen LogP contribution in [0.15, 0.2) is 29.2 Å². The molecule has 0 saturated heterocycles. The van der Waals surface area contributed by atoms with Crippen LogP contribution in [0.2, 0.25) is 0 Å². The number of para-hydroxylation sites is 1. The van der Waals surface area contributed by atoms with Crippen LogP contribution in [0.1, 0.15) is 19.3 Å². The van der Waals surface area contributed by atoms with E-state index in [-0.39, 0.29) is 11.3 Å². The highest BCUT2D eigenvalue weighted by Crippen LogP contribution is 2.42. The summed E-state index contributed by atoms with van der Waals surface area (Å²) in [5.74, 6) is 0.494. The van der Waals surface area contributed by atoms with Crippen molar-refractivity contribution >= 4 is 35.0 Å². The van der Waals surface area contributed by atoms with Crippen molar-refractivity contribution in [1.82, 2.24) is 5.32 Å². The first kappa shape index (κ1) is 14.3. The molecule has 0 fully saturated rings. The second-order valence-corrected chi connectivity index (χ2v) is 5.89. The van der Waals surface area contributed by atoms with Gasteiger partial charge in [-0.1, -0.05) is 12.1 Å². The fraction of sp³-hybridized carbons (Fsp3) is 0.462. The van der Waals surface area contributed by atoms with E-state index in [1.165, 1.54) is 0 Å². The van der Waals surface area contributed by atoms with Crippen LogP contribution in [0.25, 0.3) is 0 Å². The molecule has 102 valence electrons. The van der Waals surface area contributed by atoms with E-state index in [0.717, 1.165) is 15.3 Å². The number of nitroso groups, excluding NO2 is 1. The summed E-state index contributed by atoms with van der Waals surface area (Å²) < 4.78 is 1.03. The van der Waals surface area contributed by atoms with E-state index in [2.05, 4.69) is 5.32 Å². The highest BCUT2D eigenvalue weighted by atomic mass is 35.5. The van der Waals surface area contributed by atoms with Crippen LogP contribution < -0.4 is 5.32 Å². The van der Waals surface area contributed by atoms with Crippen LogP contribution in [0.5, 0.6) is 0 Å². The maximum Gasteiger partial charge on any atom is 0.271 e. The van der Waals surface area contributed by atoms with Crippen LogP contribution in [0.3, 0.4) is 0 Å². The number of nitrogens with zero attached hydrogens (tertiary/aromatic N) is 1. The predicted octanol–water partition coefficient (Wildman–Crippen LogP) is 3.05. The smallest absolute Gasteiger partial charge is 0.271 e. The fourth-order valence-electron chi connectivity index (χ4n) is 1.92. The number of fused-ring (bicyclic) bond motifs is 1. The summed E-state index contributed by atoms with van der Waals surface area (Å²) in [6, 6.07) is 7.56. The van der Waals surface area contributed by atoms with Gasteiger partial charge in [0.2, 0.25) is 5.91 Å². The highest BCUT2D eigenvalue weighted by Gasteiger charge is 2.38. The number of carbonyl (C=O) groups is 1. The third-order valence-electron chi connectivity index (χ3n) is 2.88. The Kier molecular flexibility index (Phi) is 5.22. The number of thioether (sulfide) groups is 1. The molecular weight excluding hydrogens is 284 g/mol. The summed E-state index contributed by atoms with van der Waals surface area (Å²) in [4.78, 5) is 24.4. The lowest BCUT2D eigenvalue weighted by Gasteiger charge is -2.04. The Bertz CT molecular complexity index is 481. The second kappa shape index (κ2) is 6.91. The van der Waals surface area contributed by atoms with Crippen molar-refractivity contribution in [2.45, 2.75) is 29.5 Å². The number of rotatable bonds is 6. The molecule has 1 heterocycles. The van der Waals surface area contributed by atoms with Gasteiger partial charge < -0.3 is 5.32 Å². The van der Waals surface area contributed by atoms with Gasteiger partial charge in [-0.25, -0.2) is 0 Å². The molecule has 1 aromatic rings. The molecule has 1 amide bonds. The van der Waals surface area contributed by atoms with Crippen molar-refractivity contribution in [3.8, 4) is 0 Å². The third kappa shape index (κ3) is 3.70. The summed E-state index contributed by atoms with van der Waals surface area (Å²) in [6.45, 7) is 0.519. The maximum atomic E-state index is 12.0. The molecule has 6 heteroatoms. The highest BCUT2D eigenvalue weighted by molar-refractivity contribution is 8.00. The van der Waals surface area contributed by atoms with E-state index in [4.69, 9.17) is 11.6 Å². The van der Waals surface area contributed by atoms with Gasteiger partial charge in [0.05, 0.1) is 9.66 Å². The van der Waals surface area contributed by atoms with Gasteiger partial charge in [-0.05, 0) is 24.2 Å². The molecule has 1 aliphatic rings. The van der Waals surface area contributed by atoms with E-state index in [1.54, 1.807) is 11.8 Å². The molecule has 1 atom stereocenters. The minimum Gasteiger partial charge on any atom is -0.356 e. The van der Waals surface area contributed by atoms with Crippen molar-refractivity contribution < 1.29 is 9.55 Å². The molecule has 0 radical (unpaired) electrons. The molecule has 1 N–H and O–H groups in total. The van der Waals surface area contributed by atoms with Gasteiger partial charge in [0.15, 0.2) is 0 Å². The molecule has 1 unspecified atom stereocenters. The largest absolute Gasteiger partial charge is 0.356 e. The summed E-state index contributed by atoms with van der Waals surface area (Å²) in [7, 11) is 0. The average molecular weight is 300 g/mol. The van der Waals surface area contributed by atoms with Crippen LogP contribution in [0, 0.1) is 4.91 Å². The molecule has 0 aliphatic carbocycles. The lowest BCUT2D eigenvalue weighted by molar-refractivity contribution is -0.476. The number of nitrogens with one attached hydrogen (secondary N) is 1. The maximum absolute atomic E-state index is 12.0. The predicted molar refractivity (Wildman–Crippen MR) is 77.0 cm³/mol. The molecule has 0 aromatic heterocycles. The number of carbonyl (C=O) groups excluding carboxylic acids is 1. The molecular formula is C13H16ClN2O2S+. The van der Waals surface area contributed by atoms with Gasteiger partial charge in [0, 0.05) is 36.2 Å². The van der Waals surface area contributed by atoms with Crippen LogP contribution in [-0.2, 0) is 4.79 Å². The van der Waals surface area contributed by atoms with E-state index in [9.17, 15) is 9.70 Å². The number of halogens is 1. The first-order valence-corrected chi connectivity index (χ1v) is 7.68. The van der Waals surface area contributed by atoms with Crippen molar-refractivity contribution in [2.24, 2.45) is 0 Å². The lowest BCUT2D eigenvalue weighted by atomic mass is 10.3. The Labute approximate surface area is 121 Å². The molecule has 19 heavy (non-hydrogen) atoms. The summed E-state index contributed by atoms with van der Waals surface area (Å²) in [6.07, 6.45) is 1.77. The van der Waals surface area contributed by atoms with Crippen molar-refractivity contribution in [3.63, 3.8) is 0 Å². The Morgan fingerprint density at radius 2 is 2.21 bits per heavy atom. The molecule has 1 aromatic carbocycles. The van der Waals surface area contributed by atoms with Crippen LogP contribution in [-0.4, -0.2) is 28.5 Å².